The molecule has 0 aromatic carbocycles. The van der Waals surface area contributed by atoms with E-state index in [1.807, 2.05) is 12.1 Å². The minimum absolute atomic E-state index is 0.106. The van der Waals surface area contributed by atoms with Crippen LogP contribution in [-0.2, 0) is 9.63 Å². The average Bonchev–Trinajstić information content (AvgIpc) is 2.95. The van der Waals surface area contributed by atoms with Crippen LogP contribution in [0.4, 0.5) is 5.82 Å². The number of aliphatic hydroxyl groups is 1. The highest BCUT2D eigenvalue weighted by Crippen LogP contribution is 2.16. The van der Waals surface area contributed by atoms with Crippen molar-refractivity contribution in [3.63, 3.8) is 0 Å². The summed E-state index contributed by atoms with van der Waals surface area (Å²) in [6.45, 7) is 3.90. The number of hydroxylamine groups is 2. The molecule has 8 heteroatoms. The third-order valence-corrected chi connectivity index (χ3v) is 4.04. The van der Waals surface area contributed by atoms with E-state index in [1.165, 1.54) is 5.06 Å². The van der Waals surface area contributed by atoms with Gasteiger partial charge in [-0.15, -0.1) is 0 Å². The molecule has 0 aliphatic carbocycles. The van der Waals surface area contributed by atoms with E-state index in [2.05, 4.69) is 14.8 Å². The summed E-state index contributed by atoms with van der Waals surface area (Å²) in [6, 6.07) is 5.58. The molecule has 2 saturated heterocycles. The monoisotopic (exact) mass is 326 g/mol. The molecule has 1 aromatic heterocycles. The van der Waals surface area contributed by atoms with E-state index in [-0.39, 0.29) is 19.1 Å². The predicted molar refractivity (Wildman–Crippen MR) is 81.6 cm³/mol. The fraction of sp³-hybridized carbons (Fsp3) is 0.571. The van der Waals surface area contributed by atoms with E-state index in [0.717, 1.165) is 32.0 Å². The number of carbonyl (C=O) groups excluding carboxylic acids is 1. The second kappa shape index (κ2) is 6.78. The van der Waals surface area contributed by atoms with E-state index < -0.39 is 6.10 Å². The summed E-state index contributed by atoms with van der Waals surface area (Å²) >= 11 is 5.91. The topological polar surface area (TPSA) is 69.1 Å². The SMILES string of the molecule is O=C(CN1CCN(c2cccc(Cl)n2)CC1)N1C[C@H](O)CO1. The number of carbonyl (C=O) groups is 1. The van der Waals surface area contributed by atoms with Gasteiger partial charge in [0.1, 0.15) is 17.6 Å². The number of amides is 1. The molecular formula is C14H19ClN4O3. The number of pyridine rings is 1. The highest BCUT2D eigenvalue weighted by molar-refractivity contribution is 6.29. The van der Waals surface area contributed by atoms with Crippen LogP contribution in [0.25, 0.3) is 0 Å². The molecule has 3 heterocycles. The molecule has 0 radical (unpaired) electrons. The first-order chi connectivity index (χ1) is 10.6. The zero-order valence-electron chi connectivity index (χ0n) is 12.2. The molecule has 22 heavy (non-hydrogen) atoms. The highest BCUT2D eigenvalue weighted by Gasteiger charge is 2.28. The van der Waals surface area contributed by atoms with Crippen molar-refractivity contribution < 1.29 is 14.7 Å². The minimum atomic E-state index is -0.574. The molecule has 1 atom stereocenters. The molecule has 3 rings (SSSR count). The second-order valence-corrected chi connectivity index (χ2v) is 5.87. The van der Waals surface area contributed by atoms with Gasteiger partial charge in [-0.05, 0) is 12.1 Å². The standard InChI is InChI=1S/C14H19ClN4O3/c15-12-2-1-3-13(16-12)18-6-4-17(5-7-18)9-14(21)19-8-11(20)10-22-19/h1-3,11,20H,4-10H2/t11-/m0/s1. The number of hydrogen-bond acceptors (Lipinski definition) is 6. The fourth-order valence-corrected chi connectivity index (χ4v) is 2.78. The van der Waals surface area contributed by atoms with E-state index in [0.29, 0.717) is 11.7 Å². The van der Waals surface area contributed by atoms with Crippen molar-refractivity contribution in [1.29, 1.82) is 0 Å². The van der Waals surface area contributed by atoms with E-state index in [4.69, 9.17) is 16.4 Å². The van der Waals surface area contributed by atoms with Gasteiger partial charge in [-0.3, -0.25) is 14.5 Å². The number of anilines is 1. The summed E-state index contributed by atoms with van der Waals surface area (Å²) in [5.74, 6) is 0.760. The van der Waals surface area contributed by atoms with Crippen LogP contribution in [0.5, 0.6) is 0 Å². The normalized spacial score (nSPS) is 23.1. The van der Waals surface area contributed by atoms with Crippen molar-refractivity contribution in [2.45, 2.75) is 6.10 Å². The molecule has 0 saturated carbocycles. The minimum Gasteiger partial charge on any atom is -0.389 e. The van der Waals surface area contributed by atoms with Gasteiger partial charge in [0, 0.05) is 26.2 Å². The number of halogens is 1. The number of rotatable bonds is 3. The van der Waals surface area contributed by atoms with Gasteiger partial charge in [-0.1, -0.05) is 17.7 Å². The Morgan fingerprint density at radius 3 is 2.77 bits per heavy atom. The van der Waals surface area contributed by atoms with Gasteiger partial charge in [-0.2, -0.15) is 0 Å². The molecule has 0 spiro atoms. The molecular weight excluding hydrogens is 308 g/mol. The number of nitrogens with zero attached hydrogens (tertiary/aromatic N) is 4. The second-order valence-electron chi connectivity index (χ2n) is 5.49. The molecule has 1 amide bonds. The van der Waals surface area contributed by atoms with Crippen LogP contribution in [0.3, 0.4) is 0 Å². The molecule has 2 aliphatic rings. The van der Waals surface area contributed by atoms with Gasteiger partial charge in [0.15, 0.2) is 0 Å². The Hall–Kier alpha value is -1.41. The van der Waals surface area contributed by atoms with Gasteiger partial charge in [-0.25, -0.2) is 10.0 Å². The van der Waals surface area contributed by atoms with Crippen LogP contribution in [-0.4, -0.2) is 77.9 Å². The molecule has 0 bridgehead atoms. The number of piperazine rings is 1. The summed E-state index contributed by atoms with van der Waals surface area (Å²) in [5, 5.41) is 11.1. The molecule has 120 valence electrons. The first-order valence-electron chi connectivity index (χ1n) is 7.33. The van der Waals surface area contributed by atoms with E-state index in [1.54, 1.807) is 6.07 Å². The summed E-state index contributed by atoms with van der Waals surface area (Å²) in [7, 11) is 0. The average molecular weight is 327 g/mol. The molecule has 2 fully saturated rings. The lowest BCUT2D eigenvalue weighted by atomic mass is 10.3. The maximum Gasteiger partial charge on any atom is 0.260 e. The number of aliphatic hydroxyl groups excluding tert-OH is 1. The third kappa shape index (κ3) is 3.67. The summed E-state index contributed by atoms with van der Waals surface area (Å²) in [4.78, 5) is 25.7. The zero-order valence-corrected chi connectivity index (χ0v) is 12.9. The Morgan fingerprint density at radius 2 is 2.14 bits per heavy atom. The first kappa shape index (κ1) is 15.5. The number of β-amino-alcohol motifs (C(OH)–C–C–N with tert-alkyl or cyclic N) is 1. The lowest BCUT2D eigenvalue weighted by Gasteiger charge is -2.35. The predicted octanol–water partition coefficient (Wildman–Crippen LogP) is -0.00830. The first-order valence-corrected chi connectivity index (χ1v) is 7.71. The Labute approximate surface area is 134 Å². The van der Waals surface area contributed by atoms with Crippen LogP contribution in [0.2, 0.25) is 5.15 Å². The van der Waals surface area contributed by atoms with Crippen molar-refractivity contribution in [3.05, 3.63) is 23.4 Å². The van der Waals surface area contributed by atoms with Crippen molar-refractivity contribution >= 4 is 23.3 Å². The molecule has 1 N–H and O–H groups in total. The van der Waals surface area contributed by atoms with Crippen molar-refractivity contribution in [2.75, 3.05) is 50.8 Å². The maximum atomic E-state index is 12.1. The van der Waals surface area contributed by atoms with Gasteiger partial charge < -0.3 is 10.0 Å². The van der Waals surface area contributed by atoms with Crippen LogP contribution in [0.15, 0.2) is 18.2 Å². The molecule has 2 aliphatic heterocycles. The van der Waals surface area contributed by atoms with Crippen molar-refractivity contribution in [3.8, 4) is 0 Å². The Kier molecular flexibility index (Phi) is 4.77. The lowest BCUT2D eigenvalue weighted by Crippen LogP contribution is -2.50. The van der Waals surface area contributed by atoms with Crippen LogP contribution in [0, 0.1) is 0 Å². The molecule has 0 unspecified atom stereocenters. The van der Waals surface area contributed by atoms with Gasteiger partial charge in [0.05, 0.1) is 19.2 Å². The van der Waals surface area contributed by atoms with E-state index >= 15 is 0 Å². The van der Waals surface area contributed by atoms with Crippen molar-refractivity contribution in [2.24, 2.45) is 0 Å². The third-order valence-electron chi connectivity index (χ3n) is 3.83. The maximum absolute atomic E-state index is 12.1. The number of hydrogen-bond donors (Lipinski definition) is 1. The largest absolute Gasteiger partial charge is 0.389 e. The molecule has 7 nitrogen and oxygen atoms in total. The summed E-state index contributed by atoms with van der Waals surface area (Å²) < 4.78 is 0. The quantitative estimate of drug-likeness (QED) is 0.788. The number of aromatic nitrogens is 1. The van der Waals surface area contributed by atoms with E-state index in [9.17, 15) is 9.90 Å². The summed E-state index contributed by atoms with van der Waals surface area (Å²) in [6.07, 6.45) is -0.574. The zero-order chi connectivity index (χ0) is 15.5. The molecule has 1 aromatic rings. The van der Waals surface area contributed by atoms with Gasteiger partial charge in [0.25, 0.3) is 5.91 Å². The summed E-state index contributed by atoms with van der Waals surface area (Å²) in [5.41, 5.74) is 0. The Bertz CT molecular complexity index is 537. The Morgan fingerprint density at radius 1 is 1.36 bits per heavy atom. The van der Waals surface area contributed by atoms with Crippen LogP contribution >= 0.6 is 11.6 Å². The van der Waals surface area contributed by atoms with Gasteiger partial charge in [0.2, 0.25) is 0 Å². The fourth-order valence-electron chi connectivity index (χ4n) is 2.63. The van der Waals surface area contributed by atoms with Gasteiger partial charge >= 0.3 is 0 Å². The van der Waals surface area contributed by atoms with Crippen LogP contribution < -0.4 is 4.90 Å². The van der Waals surface area contributed by atoms with Crippen molar-refractivity contribution in [1.82, 2.24) is 14.9 Å². The Balaban J connectivity index is 1.48. The lowest BCUT2D eigenvalue weighted by molar-refractivity contribution is -0.169. The van der Waals surface area contributed by atoms with Crippen LogP contribution in [0.1, 0.15) is 0 Å². The highest BCUT2D eigenvalue weighted by atomic mass is 35.5. The smallest absolute Gasteiger partial charge is 0.260 e.